The van der Waals surface area contributed by atoms with Gasteiger partial charge in [-0.2, -0.15) is 4.98 Å². The molecule has 8 heteroatoms. The van der Waals surface area contributed by atoms with E-state index < -0.39 is 0 Å². The predicted octanol–water partition coefficient (Wildman–Crippen LogP) is 2.35. The fourth-order valence-corrected chi connectivity index (χ4v) is 3.41. The second-order valence-corrected chi connectivity index (χ2v) is 8.54. The topological polar surface area (TPSA) is 89.7 Å². The summed E-state index contributed by atoms with van der Waals surface area (Å²) in [5, 5.41) is 7.06. The molecule has 27 heavy (non-hydrogen) atoms. The number of ether oxygens (including phenoxy) is 2. The molecule has 152 valence electrons. The Morgan fingerprint density at radius 2 is 2.07 bits per heavy atom. The molecule has 0 aromatic carbocycles. The van der Waals surface area contributed by atoms with Gasteiger partial charge >= 0.3 is 6.03 Å². The molecular formula is C19H32N4O4. The van der Waals surface area contributed by atoms with Crippen LogP contribution in [0.15, 0.2) is 4.52 Å². The first-order valence-electron chi connectivity index (χ1n) is 9.96. The first-order chi connectivity index (χ1) is 12.9. The van der Waals surface area contributed by atoms with Crippen LogP contribution in [0.25, 0.3) is 0 Å². The van der Waals surface area contributed by atoms with Gasteiger partial charge in [-0.3, -0.25) is 0 Å². The van der Waals surface area contributed by atoms with Crippen LogP contribution in [-0.2, 0) is 15.9 Å². The first kappa shape index (κ1) is 20.1. The maximum absolute atomic E-state index is 12.3. The molecule has 1 aromatic heterocycles. The highest BCUT2D eigenvalue weighted by Gasteiger charge is 2.32. The lowest BCUT2D eigenvalue weighted by Crippen LogP contribution is -2.47. The van der Waals surface area contributed by atoms with Gasteiger partial charge in [0, 0.05) is 44.9 Å². The predicted molar refractivity (Wildman–Crippen MR) is 99.6 cm³/mol. The van der Waals surface area contributed by atoms with Gasteiger partial charge in [-0.25, -0.2) is 4.79 Å². The number of amides is 2. The van der Waals surface area contributed by atoms with Crippen LogP contribution >= 0.6 is 0 Å². The molecule has 3 heterocycles. The second kappa shape index (κ2) is 9.01. The molecule has 0 bridgehead atoms. The Kier molecular flexibility index (Phi) is 6.70. The zero-order valence-corrected chi connectivity index (χ0v) is 16.7. The van der Waals surface area contributed by atoms with Crippen molar-refractivity contribution in [2.75, 3.05) is 39.5 Å². The quantitative estimate of drug-likeness (QED) is 0.762. The smallest absolute Gasteiger partial charge is 0.317 e. The van der Waals surface area contributed by atoms with Gasteiger partial charge in [0.2, 0.25) is 5.89 Å². The molecule has 1 unspecified atom stereocenters. The van der Waals surface area contributed by atoms with E-state index in [1.54, 1.807) is 0 Å². The minimum atomic E-state index is -0.239. The summed E-state index contributed by atoms with van der Waals surface area (Å²) in [5.41, 5.74) is -0.239. The average molecular weight is 380 g/mol. The highest BCUT2D eigenvalue weighted by atomic mass is 16.5. The molecule has 1 N–H and O–H groups in total. The van der Waals surface area contributed by atoms with Gasteiger partial charge < -0.3 is 24.2 Å². The minimum Gasteiger partial charge on any atom is -0.381 e. The van der Waals surface area contributed by atoms with Crippen molar-refractivity contribution in [2.24, 2.45) is 5.92 Å². The third-order valence-corrected chi connectivity index (χ3v) is 4.95. The summed E-state index contributed by atoms with van der Waals surface area (Å²) in [6, 6.07) is -0.0359. The molecule has 2 aliphatic rings. The number of carbonyl (C=O) groups excluding carboxylic acids is 1. The SMILES string of the molecule is CC(C)(C)NC(=O)N1CCC(c2nc(CCOCC3CCOCC3)no2)C1. The fraction of sp³-hybridized carbons (Fsp3) is 0.842. The summed E-state index contributed by atoms with van der Waals surface area (Å²) < 4.78 is 16.6. The zero-order chi connectivity index (χ0) is 19.3. The fourth-order valence-electron chi connectivity index (χ4n) is 3.41. The third kappa shape index (κ3) is 6.17. The van der Waals surface area contributed by atoms with E-state index in [-0.39, 0.29) is 17.5 Å². The van der Waals surface area contributed by atoms with Gasteiger partial charge in [-0.15, -0.1) is 0 Å². The van der Waals surface area contributed by atoms with Crippen molar-refractivity contribution >= 4 is 6.03 Å². The van der Waals surface area contributed by atoms with Crippen molar-refractivity contribution < 1.29 is 18.8 Å². The number of carbonyl (C=O) groups is 1. The van der Waals surface area contributed by atoms with Crippen LogP contribution in [-0.4, -0.2) is 66.1 Å². The number of aromatic nitrogens is 2. The third-order valence-electron chi connectivity index (χ3n) is 4.95. The lowest BCUT2D eigenvalue weighted by atomic mass is 10.0. The Bertz CT molecular complexity index is 607. The molecule has 2 fully saturated rings. The van der Waals surface area contributed by atoms with Crippen molar-refractivity contribution in [1.29, 1.82) is 0 Å². The monoisotopic (exact) mass is 380 g/mol. The van der Waals surface area contributed by atoms with Crippen molar-refractivity contribution in [3.8, 4) is 0 Å². The number of rotatable bonds is 6. The summed E-state index contributed by atoms with van der Waals surface area (Å²) >= 11 is 0. The number of nitrogens with zero attached hydrogens (tertiary/aromatic N) is 3. The maximum Gasteiger partial charge on any atom is 0.317 e. The molecule has 0 radical (unpaired) electrons. The summed E-state index contributed by atoms with van der Waals surface area (Å²) in [7, 11) is 0. The minimum absolute atomic E-state index is 0.0359. The van der Waals surface area contributed by atoms with Crippen LogP contribution in [0.4, 0.5) is 4.79 Å². The molecular weight excluding hydrogens is 348 g/mol. The lowest BCUT2D eigenvalue weighted by Gasteiger charge is -2.25. The highest BCUT2D eigenvalue weighted by molar-refractivity contribution is 5.75. The van der Waals surface area contributed by atoms with Gasteiger partial charge in [0.15, 0.2) is 5.82 Å². The molecule has 0 saturated carbocycles. The van der Waals surface area contributed by atoms with Crippen molar-refractivity contribution in [2.45, 2.75) is 57.9 Å². The van der Waals surface area contributed by atoms with Gasteiger partial charge in [0.25, 0.3) is 0 Å². The van der Waals surface area contributed by atoms with Crippen LogP contribution < -0.4 is 5.32 Å². The van der Waals surface area contributed by atoms with Crippen LogP contribution in [0.3, 0.4) is 0 Å². The number of hydrogen-bond donors (Lipinski definition) is 1. The molecule has 1 aromatic rings. The van der Waals surface area contributed by atoms with Crippen LogP contribution in [0.5, 0.6) is 0 Å². The molecule has 1 atom stereocenters. The van der Waals surface area contributed by atoms with Crippen LogP contribution in [0.1, 0.15) is 57.7 Å². The van der Waals surface area contributed by atoms with E-state index in [0.29, 0.717) is 43.8 Å². The number of hydrogen-bond acceptors (Lipinski definition) is 6. The number of likely N-dealkylation sites (tertiary alicyclic amines) is 1. The Labute approximate surface area is 161 Å². The Morgan fingerprint density at radius 1 is 1.30 bits per heavy atom. The molecule has 3 rings (SSSR count). The van der Waals surface area contributed by atoms with Crippen molar-refractivity contribution in [3.63, 3.8) is 0 Å². The molecule has 0 spiro atoms. The Hall–Kier alpha value is -1.67. The first-order valence-corrected chi connectivity index (χ1v) is 9.96. The Morgan fingerprint density at radius 3 is 2.81 bits per heavy atom. The lowest BCUT2D eigenvalue weighted by molar-refractivity contribution is 0.0211. The standard InChI is InChI=1S/C19H32N4O4/c1-19(2,3)21-18(24)23-8-4-15(12-23)17-20-16(22-27-17)7-11-26-13-14-5-9-25-10-6-14/h14-15H,4-13H2,1-3H3,(H,21,24). The van der Waals surface area contributed by atoms with Gasteiger partial charge in [-0.1, -0.05) is 5.16 Å². The number of nitrogens with one attached hydrogen (secondary N) is 1. The molecule has 0 aliphatic carbocycles. The van der Waals surface area contributed by atoms with E-state index >= 15 is 0 Å². The largest absolute Gasteiger partial charge is 0.381 e. The van der Waals surface area contributed by atoms with E-state index in [2.05, 4.69) is 15.5 Å². The number of urea groups is 1. The molecule has 2 aliphatic heterocycles. The van der Waals surface area contributed by atoms with E-state index in [1.807, 2.05) is 25.7 Å². The normalized spacial score (nSPS) is 21.6. The second-order valence-electron chi connectivity index (χ2n) is 8.54. The Balaban J connectivity index is 1.39. The average Bonchev–Trinajstić information content (AvgIpc) is 3.27. The van der Waals surface area contributed by atoms with Gasteiger partial charge in [-0.05, 0) is 46.0 Å². The summed E-state index contributed by atoms with van der Waals surface area (Å²) in [5.74, 6) is 2.01. The molecule has 2 saturated heterocycles. The highest BCUT2D eigenvalue weighted by Crippen LogP contribution is 2.26. The molecule has 8 nitrogen and oxygen atoms in total. The van der Waals surface area contributed by atoms with Crippen LogP contribution in [0.2, 0.25) is 0 Å². The van der Waals surface area contributed by atoms with Crippen LogP contribution in [0, 0.1) is 5.92 Å². The summed E-state index contributed by atoms with van der Waals surface area (Å²) in [6.07, 6.45) is 3.65. The van der Waals surface area contributed by atoms with E-state index in [0.717, 1.165) is 39.1 Å². The van der Waals surface area contributed by atoms with E-state index in [1.165, 1.54) is 0 Å². The summed E-state index contributed by atoms with van der Waals surface area (Å²) in [6.45, 7) is 10.3. The van der Waals surface area contributed by atoms with Crippen molar-refractivity contribution in [1.82, 2.24) is 20.4 Å². The zero-order valence-electron chi connectivity index (χ0n) is 16.7. The van der Waals surface area contributed by atoms with Gasteiger partial charge in [0.05, 0.1) is 12.5 Å². The van der Waals surface area contributed by atoms with E-state index in [9.17, 15) is 4.79 Å². The van der Waals surface area contributed by atoms with Crippen molar-refractivity contribution in [3.05, 3.63) is 11.7 Å². The van der Waals surface area contributed by atoms with E-state index in [4.69, 9.17) is 14.0 Å². The maximum atomic E-state index is 12.3. The van der Waals surface area contributed by atoms with Gasteiger partial charge in [0.1, 0.15) is 0 Å². The molecule has 2 amide bonds. The summed E-state index contributed by atoms with van der Waals surface area (Å²) in [4.78, 5) is 18.6.